The first-order valence-corrected chi connectivity index (χ1v) is 11.4. The van der Waals surface area contributed by atoms with Crippen molar-refractivity contribution < 1.29 is 41.3 Å². The van der Waals surface area contributed by atoms with E-state index < -0.39 is 53.1 Å². The highest BCUT2D eigenvalue weighted by atomic mass is 19.4. The number of halogens is 3. The van der Waals surface area contributed by atoms with Crippen molar-refractivity contribution in [2.45, 2.75) is 51.3 Å². The lowest BCUT2D eigenvalue weighted by molar-refractivity contribution is -0.140. The zero-order chi connectivity index (χ0) is 27.2. The molecule has 3 atom stereocenters. The highest BCUT2D eigenvalue weighted by Crippen LogP contribution is 2.32. The maximum absolute atomic E-state index is 13.7. The minimum atomic E-state index is -5.15. The smallest absolute Gasteiger partial charge is 0.423 e. The third-order valence-electron chi connectivity index (χ3n) is 5.33. The summed E-state index contributed by atoms with van der Waals surface area (Å²) in [5.41, 5.74) is -4.86. The maximum atomic E-state index is 13.7. The first-order chi connectivity index (χ1) is 17.5. The number of nitrogens with zero attached hydrogens (tertiary/aromatic N) is 2. The second kappa shape index (κ2) is 12.4. The van der Waals surface area contributed by atoms with Crippen LogP contribution in [0.1, 0.15) is 49.0 Å². The molecule has 0 radical (unpaired) electrons. The van der Waals surface area contributed by atoms with Crippen molar-refractivity contribution in [1.29, 1.82) is 0 Å². The molecule has 13 heteroatoms. The van der Waals surface area contributed by atoms with Gasteiger partial charge in [-0.25, -0.2) is 4.79 Å². The van der Waals surface area contributed by atoms with Crippen LogP contribution in [0.2, 0.25) is 0 Å². The van der Waals surface area contributed by atoms with Gasteiger partial charge in [-0.05, 0) is 18.1 Å². The van der Waals surface area contributed by atoms with Crippen LogP contribution >= 0.6 is 0 Å². The van der Waals surface area contributed by atoms with Crippen molar-refractivity contribution in [3.63, 3.8) is 0 Å². The minimum Gasteiger partial charge on any atom is -0.459 e. The van der Waals surface area contributed by atoms with E-state index in [1.807, 2.05) is 13.8 Å². The molecule has 202 valence electrons. The molecule has 0 bridgehead atoms. The fourth-order valence-electron chi connectivity index (χ4n) is 3.58. The molecule has 0 saturated carbocycles. The second-order valence-electron chi connectivity index (χ2n) is 8.60. The van der Waals surface area contributed by atoms with Gasteiger partial charge in [0, 0.05) is 26.1 Å². The SMILES string of the molecule is COCOC[C@H]1O[C@@H](n2cc(C(F)(F)F)c(=O)n(C(=O)c3ccco3)c2=O)C[C@@H]1OCC#CCC(C)C. The van der Waals surface area contributed by atoms with Crippen molar-refractivity contribution in [2.75, 3.05) is 27.1 Å². The van der Waals surface area contributed by atoms with Crippen LogP contribution in [0, 0.1) is 17.8 Å². The fraction of sp³-hybridized carbons (Fsp3) is 0.542. The van der Waals surface area contributed by atoms with Crippen molar-refractivity contribution in [2.24, 2.45) is 5.92 Å². The summed E-state index contributed by atoms with van der Waals surface area (Å²) >= 11 is 0. The van der Waals surface area contributed by atoms with Crippen LogP contribution in [-0.2, 0) is 25.1 Å². The van der Waals surface area contributed by atoms with Crippen molar-refractivity contribution in [1.82, 2.24) is 9.13 Å². The molecule has 0 N–H and O–H groups in total. The van der Waals surface area contributed by atoms with Gasteiger partial charge in [0.2, 0.25) is 0 Å². The summed E-state index contributed by atoms with van der Waals surface area (Å²) in [6.45, 7) is 3.91. The summed E-state index contributed by atoms with van der Waals surface area (Å²) in [7, 11) is 1.41. The Balaban J connectivity index is 1.96. The molecule has 0 aliphatic carbocycles. The lowest BCUT2D eigenvalue weighted by Crippen LogP contribution is -2.47. The number of alkyl halides is 3. The first kappa shape index (κ1) is 28.4. The number of furan rings is 1. The molecule has 0 unspecified atom stereocenters. The van der Waals surface area contributed by atoms with E-state index >= 15 is 0 Å². The Morgan fingerprint density at radius 2 is 2.03 bits per heavy atom. The first-order valence-electron chi connectivity index (χ1n) is 11.4. The quantitative estimate of drug-likeness (QED) is 0.278. The molecule has 1 saturated heterocycles. The Morgan fingerprint density at radius 3 is 2.65 bits per heavy atom. The summed E-state index contributed by atoms with van der Waals surface area (Å²) in [5, 5.41) is 0. The van der Waals surface area contributed by atoms with Crippen LogP contribution in [-0.4, -0.2) is 54.4 Å². The molecule has 2 aromatic heterocycles. The zero-order valence-corrected chi connectivity index (χ0v) is 20.4. The molecule has 1 fully saturated rings. The molecular formula is C24H27F3N2O8. The summed E-state index contributed by atoms with van der Waals surface area (Å²) in [6, 6.07) is 2.42. The topological polar surface area (TPSA) is 111 Å². The van der Waals surface area contributed by atoms with Gasteiger partial charge < -0.3 is 23.4 Å². The van der Waals surface area contributed by atoms with Crippen LogP contribution in [0.25, 0.3) is 0 Å². The molecule has 0 aromatic carbocycles. The number of methoxy groups -OCH3 is 1. The molecule has 0 amide bonds. The highest BCUT2D eigenvalue weighted by Gasteiger charge is 2.42. The summed E-state index contributed by atoms with van der Waals surface area (Å²) in [5.74, 6) is 4.37. The molecule has 10 nitrogen and oxygen atoms in total. The second-order valence-corrected chi connectivity index (χ2v) is 8.60. The van der Waals surface area contributed by atoms with E-state index in [0.29, 0.717) is 23.1 Å². The van der Waals surface area contributed by atoms with Gasteiger partial charge in [-0.3, -0.25) is 14.2 Å². The van der Waals surface area contributed by atoms with Crippen molar-refractivity contribution in [3.8, 4) is 11.8 Å². The van der Waals surface area contributed by atoms with Gasteiger partial charge in [0.05, 0.1) is 19.0 Å². The molecule has 1 aliphatic heterocycles. The lowest BCUT2D eigenvalue weighted by atomic mass is 10.1. The van der Waals surface area contributed by atoms with E-state index in [0.717, 1.165) is 12.3 Å². The van der Waals surface area contributed by atoms with Crippen molar-refractivity contribution >= 4 is 5.91 Å². The number of carbonyl (C=O) groups is 1. The van der Waals surface area contributed by atoms with E-state index in [1.165, 1.54) is 13.2 Å². The number of rotatable bonds is 9. The molecule has 0 spiro atoms. The number of carbonyl (C=O) groups excluding carboxylic acids is 1. The van der Waals surface area contributed by atoms with Crippen LogP contribution < -0.4 is 11.2 Å². The van der Waals surface area contributed by atoms with Gasteiger partial charge in [0.15, 0.2) is 5.76 Å². The number of hydrogen-bond acceptors (Lipinski definition) is 8. The van der Waals surface area contributed by atoms with E-state index in [2.05, 4.69) is 11.8 Å². The normalized spacial score (nSPS) is 19.7. The van der Waals surface area contributed by atoms with E-state index in [-0.39, 0.29) is 31.0 Å². The number of ether oxygens (including phenoxy) is 4. The summed E-state index contributed by atoms with van der Waals surface area (Å²) < 4.78 is 68.2. The Morgan fingerprint density at radius 1 is 1.27 bits per heavy atom. The Bertz CT molecular complexity index is 1240. The van der Waals surface area contributed by atoms with Gasteiger partial charge in [0.25, 0.3) is 5.56 Å². The van der Waals surface area contributed by atoms with Gasteiger partial charge in [-0.2, -0.15) is 17.7 Å². The van der Waals surface area contributed by atoms with Crippen LogP contribution in [0.15, 0.2) is 38.6 Å². The van der Waals surface area contributed by atoms with Crippen LogP contribution in [0.4, 0.5) is 13.2 Å². The molecule has 37 heavy (non-hydrogen) atoms. The summed E-state index contributed by atoms with van der Waals surface area (Å²) in [4.78, 5) is 38.4. The monoisotopic (exact) mass is 528 g/mol. The van der Waals surface area contributed by atoms with E-state index in [4.69, 9.17) is 23.4 Å². The lowest BCUT2D eigenvalue weighted by Gasteiger charge is -2.19. The Hall–Kier alpha value is -3.18. The third kappa shape index (κ3) is 6.98. The largest absolute Gasteiger partial charge is 0.459 e. The molecule has 3 heterocycles. The Kier molecular flexibility index (Phi) is 9.50. The average Bonchev–Trinajstić information content (AvgIpc) is 3.49. The van der Waals surface area contributed by atoms with Crippen molar-refractivity contribution in [3.05, 3.63) is 56.8 Å². The van der Waals surface area contributed by atoms with Crippen LogP contribution in [0.3, 0.4) is 0 Å². The van der Waals surface area contributed by atoms with Gasteiger partial charge in [-0.1, -0.05) is 19.8 Å². The molecule has 3 rings (SSSR count). The minimum absolute atomic E-state index is 0.0213. The van der Waals surface area contributed by atoms with E-state index in [9.17, 15) is 27.6 Å². The summed E-state index contributed by atoms with van der Waals surface area (Å²) in [6.07, 6.45) is -5.94. The number of hydrogen-bond donors (Lipinski definition) is 0. The average molecular weight is 528 g/mol. The van der Waals surface area contributed by atoms with Crippen LogP contribution in [0.5, 0.6) is 0 Å². The zero-order valence-electron chi connectivity index (χ0n) is 20.4. The van der Waals surface area contributed by atoms with Gasteiger partial charge >= 0.3 is 17.8 Å². The predicted octanol–water partition coefficient (Wildman–Crippen LogP) is 2.65. The van der Waals surface area contributed by atoms with Gasteiger partial charge in [-0.15, -0.1) is 5.92 Å². The molecular weight excluding hydrogens is 501 g/mol. The fourth-order valence-corrected chi connectivity index (χ4v) is 3.58. The maximum Gasteiger partial charge on any atom is 0.423 e. The predicted molar refractivity (Wildman–Crippen MR) is 122 cm³/mol. The van der Waals surface area contributed by atoms with E-state index in [1.54, 1.807) is 0 Å². The van der Waals surface area contributed by atoms with Gasteiger partial charge in [0.1, 0.15) is 31.3 Å². The molecule has 2 aromatic rings. The third-order valence-corrected chi connectivity index (χ3v) is 5.33. The number of aromatic nitrogens is 2. The highest BCUT2D eigenvalue weighted by molar-refractivity contribution is 5.93. The molecule has 1 aliphatic rings. The Labute approximate surface area is 209 Å². The standard InChI is InChI=1S/C24H27F3N2O8/c1-15(2)7-4-5-9-36-18-11-20(37-19(18)13-34-14-33-3)28-12-16(24(25,26)27)21(30)29(23(28)32)22(31)17-8-6-10-35-17/h6,8,10,12,15,18-20H,7,9,11,13-14H2,1-3H3/t18-,19+,20+/m0/s1.